The van der Waals surface area contributed by atoms with Crippen molar-refractivity contribution in [2.45, 2.75) is 13.3 Å². The molecule has 24 heavy (non-hydrogen) atoms. The van der Waals surface area contributed by atoms with Crippen molar-refractivity contribution in [1.29, 1.82) is 0 Å². The van der Waals surface area contributed by atoms with E-state index in [9.17, 15) is 14.0 Å². The van der Waals surface area contributed by atoms with Crippen molar-refractivity contribution < 1.29 is 8.81 Å². The maximum Gasteiger partial charge on any atom is 0.272 e. The maximum atomic E-state index is 13.3. The third-order valence-electron chi connectivity index (χ3n) is 3.17. The van der Waals surface area contributed by atoms with Crippen LogP contribution in [-0.4, -0.2) is 15.0 Å². The molecule has 0 radical (unpaired) electrons. The van der Waals surface area contributed by atoms with E-state index in [1.54, 1.807) is 0 Å². The average molecular weight is 329 g/mol. The molecule has 0 aliphatic heterocycles. The minimum Gasteiger partial charge on any atom is -0.448 e. The summed E-state index contributed by atoms with van der Waals surface area (Å²) in [7, 11) is 0. The molecule has 0 unspecified atom stereocenters. The molecule has 2 rings (SSSR count). The van der Waals surface area contributed by atoms with Crippen molar-refractivity contribution in [3.05, 3.63) is 86.0 Å². The van der Waals surface area contributed by atoms with Crippen molar-refractivity contribution in [2.75, 3.05) is 0 Å². The molecule has 0 bridgehead atoms. The first kappa shape index (κ1) is 17.1. The fourth-order valence-corrected chi connectivity index (χ4v) is 1.99. The maximum absolute atomic E-state index is 13.3. The normalized spacial score (nSPS) is 13.3. The summed E-state index contributed by atoms with van der Waals surface area (Å²) in [6.07, 6.45) is 7.14. The standard InChI is InChI=1S/C17H16FN3O3/c1-4-6-11(10(3)18)7-13-16(22)21-14(17(23)20-13)8-12-15(5-2)24-9-19-12/h4,6-9H,1,3,5H2,2H3,(H,20,23)(H,21,22)/b11-6-,13-7-,14-8-. The van der Waals surface area contributed by atoms with Gasteiger partial charge in [-0.1, -0.05) is 32.2 Å². The molecule has 6 nitrogen and oxygen atoms in total. The molecular formula is C17H16FN3O3. The molecule has 0 amide bonds. The first-order valence-electron chi connectivity index (χ1n) is 7.12. The summed E-state index contributed by atoms with van der Waals surface area (Å²) in [5.74, 6) is -0.156. The van der Waals surface area contributed by atoms with Gasteiger partial charge in [0.2, 0.25) is 0 Å². The Morgan fingerprint density at radius 1 is 1.33 bits per heavy atom. The first-order chi connectivity index (χ1) is 11.5. The summed E-state index contributed by atoms with van der Waals surface area (Å²) in [4.78, 5) is 33.1. The minimum absolute atomic E-state index is 0.0223. The Hall–Kier alpha value is -3.22. The number of aryl methyl sites for hydroxylation is 1. The second-order valence-corrected chi connectivity index (χ2v) is 4.80. The van der Waals surface area contributed by atoms with Crippen molar-refractivity contribution in [2.24, 2.45) is 0 Å². The Kier molecular flexibility index (Phi) is 5.26. The third kappa shape index (κ3) is 3.75. The van der Waals surface area contributed by atoms with Gasteiger partial charge in [-0.15, -0.1) is 0 Å². The second-order valence-electron chi connectivity index (χ2n) is 4.80. The molecule has 0 spiro atoms. The summed E-state index contributed by atoms with van der Waals surface area (Å²) in [6.45, 7) is 8.49. The molecule has 7 heteroatoms. The number of hydrogen-bond acceptors (Lipinski definition) is 4. The lowest BCUT2D eigenvalue weighted by molar-refractivity contribution is 0.509. The van der Waals surface area contributed by atoms with Gasteiger partial charge in [-0.3, -0.25) is 9.59 Å². The number of H-pyrrole nitrogens is 2. The highest BCUT2D eigenvalue weighted by molar-refractivity contribution is 5.55. The van der Waals surface area contributed by atoms with Gasteiger partial charge >= 0.3 is 0 Å². The van der Waals surface area contributed by atoms with E-state index in [2.05, 4.69) is 28.1 Å². The number of nitrogens with zero attached hydrogens (tertiary/aromatic N) is 1. The molecule has 0 aliphatic carbocycles. The van der Waals surface area contributed by atoms with Crippen LogP contribution in [0.1, 0.15) is 18.4 Å². The SMILES string of the molecule is C=C/C=C(/C=c1\[nH]c(=O)/c(=C/c2ncoc2CC)[nH]c1=O)C(=C)F. The van der Waals surface area contributed by atoms with Crippen molar-refractivity contribution in [3.8, 4) is 0 Å². The van der Waals surface area contributed by atoms with Gasteiger partial charge in [0.1, 0.15) is 28.0 Å². The van der Waals surface area contributed by atoms with Crippen LogP contribution in [0.3, 0.4) is 0 Å². The molecule has 2 aromatic rings. The van der Waals surface area contributed by atoms with Gasteiger partial charge in [-0.25, -0.2) is 9.37 Å². The highest BCUT2D eigenvalue weighted by atomic mass is 19.1. The fraction of sp³-hybridized carbons (Fsp3) is 0.118. The fourth-order valence-electron chi connectivity index (χ4n) is 1.99. The largest absolute Gasteiger partial charge is 0.448 e. The van der Waals surface area contributed by atoms with Crippen LogP contribution >= 0.6 is 0 Å². The Balaban J connectivity index is 2.64. The molecule has 0 atom stereocenters. The minimum atomic E-state index is -0.749. The Bertz CT molecular complexity index is 1040. The number of halogens is 1. The summed E-state index contributed by atoms with van der Waals surface area (Å²) in [5.41, 5.74) is -0.639. The van der Waals surface area contributed by atoms with Gasteiger partial charge in [0.15, 0.2) is 6.39 Å². The van der Waals surface area contributed by atoms with Gasteiger partial charge in [0.05, 0.1) is 0 Å². The molecule has 2 heterocycles. The topological polar surface area (TPSA) is 91.8 Å². The molecule has 124 valence electrons. The van der Waals surface area contributed by atoms with Crippen LogP contribution in [0.4, 0.5) is 4.39 Å². The Morgan fingerprint density at radius 2 is 2.00 bits per heavy atom. The van der Waals surface area contributed by atoms with E-state index in [-0.39, 0.29) is 16.3 Å². The predicted molar refractivity (Wildman–Crippen MR) is 89.4 cm³/mol. The summed E-state index contributed by atoms with van der Waals surface area (Å²) >= 11 is 0. The zero-order chi connectivity index (χ0) is 17.7. The van der Waals surface area contributed by atoms with E-state index in [4.69, 9.17) is 4.42 Å². The summed E-state index contributed by atoms with van der Waals surface area (Å²) < 4.78 is 18.5. The molecule has 0 aromatic carbocycles. The van der Waals surface area contributed by atoms with E-state index in [1.165, 1.54) is 30.7 Å². The summed E-state index contributed by atoms with van der Waals surface area (Å²) in [5, 5.41) is -0.0750. The Morgan fingerprint density at radius 3 is 2.62 bits per heavy atom. The van der Waals surface area contributed by atoms with E-state index >= 15 is 0 Å². The molecule has 2 N–H and O–H groups in total. The van der Waals surface area contributed by atoms with Gasteiger partial charge in [-0.05, 0) is 12.2 Å². The van der Waals surface area contributed by atoms with Gasteiger partial charge in [-0.2, -0.15) is 0 Å². The number of aromatic nitrogens is 3. The molecule has 0 saturated carbocycles. The van der Waals surface area contributed by atoms with Crippen LogP contribution in [0.5, 0.6) is 0 Å². The number of aromatic amines is 2. The number of oxazole rings is 1. The predicted octanol–water partition coefficient (Wildman–Crippen LogP) is 0.818. The molecular weight excluding hydrogens is 313 g/mol. The van der Waals surface area contributed by atoms with Crippen LogP contribution in [0.2, 0.25) is 0 Å². The molecule has 0 fully saturated rings. The lowest BCUT2D eigenvalue weighted by Gasteiger charge is -1.95. The average Bonchev–Trinajstić information content (AvgIpc) is 2.98. The van der Waals surface area contributed by atoms with Gasteiger partial charge in [0.25, 0.3) is 11.1 Å². The molecule has 2 aromatic heterocycles. The van der Waals surface area contributed by atoms with Crippen LogP contribution in [0.25, 0.3) is 12.2 Å². The number of nitrogens with one attached hydrogen (secondary N) is 2. The van der Waals surface area contributed by atoms with Crippen LogP contribution in [0.15, 0.2) is 57.1 Å². The zero-order valence-electron chi connectivity index (χ0n) is 13.1. The van der Waals surface area contributed by atoms with E-state index < -0.39 is 16.9 Å². The van der Waals surface area contributed by atoms with Gasteiger partial charge < -0.3 is 14.4 Å². The zero-order valence-corrected chi connectivity index (χ0v) is 13.1. The summed E-state index contributed by atoms with van der Waals surface area (Å²) in [6, 6.07) is 0. The van der Waals surface area contributed by atoms with Crippen LogP contribution in [0, 0.1) is 0 Å². The molecule has 0 saturated heterocycles. The van der Waals surface area contributed by atoms with Crippen molar-refractivity contribution in [1.82, 2.24) is 15.0 Å². The number of allylic oxidation sites excluding steroid dienone is 4. The first-order valence-corrected chi connectivity index (χ1v) is 7.12. The van der Waals surface area contributed by atoms with Crippen LogP contribution in [-0.2, 0) is 6.42 Å². The second kappa shape index (κ2) is 7.36. The van der Waals surface area contributed by atoms with E-state index in [1.807, 2.05) is 6.92 Å². The number of hydrogen-bond donors (Lipinski definition) is 2. The highest BCUT2D eigenvalue weighted by Crippen LogP contribution is 2.09. The smallest absolute Gasteiger partial charge is 0.272 e. The molecule has 0 aliphatic rings. The van der Waals surface area contributed by atoms with E-state index in [0.29, 0.717) is 17.9 Å². The third-order valence-corrected chi connectivity index (χ3v) is 3.17. The monoisotopic (exact) mass is 329 g/mol. The Labute approximate surface area is 136 Å². The number of rotatable bonds is 5. The van der Waals surface area contributed by atoms with Crippen molar-refractivity contribution in [3.63, 3.8) is 0 Å². The highest BCUT2D eigenvalue weighted by Gasteiger charge is 2.04. The van der Waals surface area contributed by atoms with Gasteiger partial charge in [0, 0.05) is 12.0 Å². The van der Waals surface area contributed by atoms with Crippen molar-refractivity contribution >= 4 is 12.2 Å². The quantitative estimate of drug-likeness (QED) is 0.795. The lowest BCUT2D eigenvalue weighted by Crippen LogP contribution is -2.46. The van der Waals surface area contributed by atoms with Crippen LogP contribution < -0.4 is 21.8 Å². The van der Waals surface area contributed by atoms with E-state index in [0.717, 1.165) is 0 Å². The lowest BCUT2D eigenvalue weighted by atomic mass is 10.2.